The number of amides is 1. The topological polar surface area (TPSA) is 63.1 Å². The van der Waals surface area contributed by atoms with Crippen molar-refractivity contribution in [2.24, 2.45) is 0 Å². The molecule has 0 atom stereocenters. The average molecular weight is 335 g/mol. The molecular formula is C19H21N5O. The maximum Gasteiger partial charge on any atom is 0.258 e. The number of carbonyl (C=O) groups excluding carboxylic acids is 1. The highest BCUT2D eigenvalue weighted by molar-refractivity contribution is 6.05. The predicted molar refractivity (Wildman–Crippen MR) is 99.6 cm³/mol. The molecule has 1 N–H and O–H groups in total. The van der Waals surface area contributed by atoms with E-state index in [0.29, 0.717) is 11.3 Å². The lowest BCUT2D eigenvalue weighted by Gasteiger charge is -2.17. The Morgan fingerprint density at radius 3 is 2.60 bits per heavy atom. The molecule has 2 heterocycles. The van der Waals surface area contributed by atoms with E-state index in [0.717, 1.165) is 22.8 Å². The molecule has 6 nitrogen and oxygen atoms in total. The Morgan fingerprint density at radius 2 is 1.88 bits per heavy atom. The van der Waals surface area contributed by atoms with Gasteiger partial charge in [-0.15, -0.1) is 0 Å². The zero-order valence-corrected chi connectivity index (χ0v) is 14.8. The maximum absolute atomic E-state index is 12.6. The van der Waals surface area contributed by atoms with Gasteiger partial charge in [-0.05, 0) is 37.6 Å². The molecule has 0 aliphatic heterocycles. The Labute approximate surface area is 147 Å². The van der Waals surface area contributed by atoms with Gasteiger partial charge in [0.2, 0.25) is 0 Å². The van der Waals surface area contributed by atoms with Crippen LogP contribution in [0.15, 0.2) is 48.8 Å². The number of benzene rings is 1. The predicted octanol–water partition coefficient (Wildman–Crippen LogP) is 3.20. The van der Waals surface area contributed by atoms with Crippen molar-refractivity contribution in [3.8, 4) is 5.69 Å². The Balaban J connectivity index is 1.85. The van der Waals surface area contributed by atoms with Crippen LogP contribution in [-0.2, 0) is 0 Å². The van der Waals surface area contributed by atoms with Crippen molar-refractivity contribution in [2.45, 2.75) is 13.8 Å². The molecule has 25 heavy (non-hydrogen) atoms. The molecule has 1 amide bonds. The number of nitrogens with zero attached hydrogens (tertiary/aromatic N) is 4. The Kier molecular flexibility index (Phi) is 4.52. The summed E-state index contributed by atoms with van der Waals surface area (Å²) in [7, 11) is 3.79. The summed E-state index contributed by atoms with van der Waals surface area (Å²) in [5.74, 6) is 0.508. The van der Waals surface area contributed by atoms with Crippen molar-refractivity contribution in [3.63, 3.8) is 0 Å². The SMILES string of the molecule is Cc1ccc(NC(=O)c2cnn(-c3ccccc3C)c2)c(N(C)C)n1. The van der Waals surface area contributed by atoms with E-state index in [-0.39, 0.29) is 5.91 Å². The molecule has 2 aromatic heterocycles. The lowest BCUT2D eigenvalue weighted by atomic mass is 10.2. The molecule has 3 rings (SSSR count). The minimum absolute atomic E-state index is 0.214. The van der Waals surface area contributed by atoms with Gasteiger partial charge >= 0.3 is 0 Å². The van der Waals surface area contributed by atoms with Crippen molar-refractivity contribution < 1.29 is 4.79 Å². The number of aromatic nitrogens is 3. The van der Waals surface area contributed by atoms with Crippen LogP contribution in [0, 0.1) is 13.8 Å². The van der Waals surface area contributed by atoms with Crippen LogP contribution in [0.2, 0.25) is 0 Å². The highest BCUT2D eigenvalue weighted by atomic mass is 16.1. The monoisotopic (exact) mass is 335 g/mol. The summed E-state index contributed by atoms with van der Waals surface area (Å²) >= 11 is 0. The van der Waals surface area contributed by atoms with Crippen molar-refractivity contribution in [1.29, 1.82) is 0 Å². The lowest BCUT2D eigenvalue weighted by Crippen LogP contribution is -2.18. The van der Waals surface area contributed by atoms with E-state index in [1.165, 1.54) is 0 Å². The summed E-state index contributed by atoms with van der Waals surface area (Å²) in [6.07, 6.45) is 3.30. The Morgan fingerprint density at radius 1 is 1.12 bits per heavy atom. The van der Waals surface area contributed by atoms with Crippen LogP contribution in [0.4, 0.5) is 11.5 Å². The van der Waals surface area contributed by atoms with Crippen LogP contribution in [-0.4, -0.2) is 34.8 Å². The second kappa shape index (κ2) is 6.76. The van der Waals surface area contributed by atoms with Crippen LogP contribution >= 0.6 is 0 Å². The minimum atomic E-state index is -0.214. The summed E-state index contributed by atoms with van der Waals surface area (Å²) in [4.78, 5) is 18.9. The fraction of sp³-hybridized carbons (Fsp3) is 0.211. The normalized spacial score (nSPS) is 10.6. The molecule has 6 heteroatoms. The Bertz CT molecular complexity index is 914. The highest BCUT2D eigenvalue weighted by Gasteiger charge is 2.14. The minimum Gasteiger partial charge on any atom is -0.361 e. The average Bonchev–Trinajstić information content (AvgIpc) is 3.06. The summed E-state index contributed by atoms with van der Waals surface area (Å²) in [6.45, 7) is 3.93. The molecule has 0 saturated heterocycles. The van der Waals surface area contributed by atoms with Crippen LogP contribution in [0.1, 0.15) is 21.6 Å². The van der Waals surface area contributed by atoms with Crippen molar-refractivity contribution in [3.05, 3.63) is 65.6 Å². The molecule has 0 saturated carbocycles. The number of hydrogen-bond acceptors (Lipinski definition) is 4. The van der Waals surface area contributed by atoms with E-state index < -0.39 is 0 Å². The molecule has 3 aromatic rings. The first kappa shape index (κ1) is 16.7. The fourth-order valence-electron chi connectivity index (χ4n) is 2.57. The molecule has 0 fully saturated rings. The lowest BCUT2D eigenvalue weighted by molar-refractivity contribution is 0.102. The largest absolute Gasteiger partial charge is 0.361 e. The van der Waals surface area contributed by atoms with E-state index in [1.54, 1.807) is 17.1 Å². The fourth-order valence-corrected chi connectivity index (χ4v) is 2.57. The van der Waals surface area contributed by atoms with Gasteiger partial charge in [-0.3, -0.25) is 4.79 Å². The van der Waals surface area contributed by atoms with E-state index in [2.05, 4.69) is 15.4 Å². The summed E-state index contributed by atoms with van der Waals surface area (Å²) in [5, 5.41) is 7.23. The van der Waals surface area contributed by atoms with Gasteiger partial charge in [0.15, 0.2) is 5.82 Å². The molecule has 0 aliphatic carbocycles. The smallest absolute Gasteiger partial charge is 0.258 e. The molecule has 0 bridgehead atoms. The third kappa shape index (κ3) is 3.52. The van der Waals surface area contributed by atoms with Crippen molar-refractivity contribution >= 4 is 17.4 Å². The molecule has 128 valence electrons. The van der Waals surface area contributed by atoms with Gasteiger partial charge in [-0.25, -0.2) is 9.67 Å². The number of rotatable bonds is 4. The second-order valence-electron chi connectivity index (χ2n) is 6.13. The maximum atomic E-state index is 12.6. The number of carbonyl (C=O) groups is 1. The molecule has 0 radical (unpaired) electrons. The zero-order valence-electron chi connectivity index (χ0n) is 14.8. The van der Waals surface area contributed by atoms with Gasteiger partial charge in [-0.1, -0.05) is 18.2 Å². The van der Waals surface area contributed by atoms with Gasteiger partial charge < -0.3 is 10.2 Å². The zero-order chi connectivity index (χ0) is 18.0. The van der Waals surface area contributed by atoms with Crippen LogP contribution < -0.4 is 10.2 Å². The number of hydrogen-bond donors (Lipinski definition) is 1. The molecule has 0 unspecified atom stereocenters. The number of pyridine rings is 1. The second-order valence-corrected chi connectivity index (χ2v) is 6.13. The van der Waals surface area contributed by atoms with E-state index >= 15 is 0 Å². The third-order valence-electron chi connectivity index (χ3n) is 3.89. The summed E-state index contributed by atoms with van der Waals surface area (Å²) in [6, 6.07) is 11.6. The molecule has 0 aliphatic rings. The van der Waals surface area contributed by atoms with Crippen LogP contribution in [0.5, 0.6) is 0 Å². The van der Waals surface area contributed by atoms with E-state index in [1.807, 2.05) is 69.2 Å². The number of aryl methyl sites for hydroxylation is 2. The van der Waals surface area contributed by atoms with Crippen molar-refractivity contribution in [2.75, 3.05) is 24.3 Å². The van der Waals surface area contributed by atoms with Crippen LogP contribution in [0.3, 0.4) is 0 Å². The van der Waals surface area contributed by atoms with E-state index in [9.17, 15) is 4.79 Å². The Hall–Kier alpha value is -3.15. The number of anilines is 2. The molecular weight excluding hydrogens is 314 g/mol. The van der Waals surface area contributed by atoms with E-state index in [4.69, 9.17) is 0 Å². The van der Waals surface area contributed by atoms with Crippen molar-refractivity contribution in [1.82, 2.24) is 14.8 Å². The van der Waals surface area contributed by atoms with Gasteiger partial charge in [0, 0.05) is 26.0 Å². The first-order valence-corrected chi connectivity index (χ1v) is 8.02. The third-order valence-corrected chi connectivity index (χ3v) is 3.89. The number of para-hydroxylation sites is 1. The van der Waals surface area contributed by atoms with Gasteiger partial charge in [-0.2, -0.15) is 5.10 Å². The number of nitrogens with one attached hydrogen (secondary N) is 1. The van der Waals surface area contributed by atoms with Gasteiger partial charge in [0.05, 0.1) is 23.1 Å². The van der Waals surface area contributed by atoms with Gasteiger partial charge in [0.1, 0.15) is 0 Å². The first-order valence-electron chi connectivity index (χ1n) is 8.02. The standard InChI is InChI=1S/C19H21N5O/c1-13-7-5-6-8-17(13)24-12-15(11-20-24)19(25)22-16-10-9-14(2)21-18(16)23(3)4/h5-12H,1-4H3,(H,22,25). The first-order chi connectivity index (χ1) is 12.0. The molecule has 1 aromatic carbocycles. The van der Waals surface area contributed by atoms with Crippen LogP contribution in [0.25, 0.3) is 5.69 Å². The molecule has 0 spiro atoms. The summed E-state index contributed by atoms with van der Waals surface area (Å²) in [5.41, 5.74) is 4.11. The highest BCUT2D eigenvalue weighted by Crippen LogP contribution is 2.23. The summed E-state index contributed by atoms with van der Waals surface area (Å²) < 4.78 is 1.71. The van der Waals surface area contributed by atoms with Gasteiger partial charge in [0.25, 0.3) is 5.91 Å². The quantitative estimate of drug-likeness (QED) is 0.795.